The standard InChI is InChI=1S/C22H20N4O2/c1-14-15-8-3-6-11-18(15)28-19(14)22(27)26-13-7-12-25(2)20-21(26)24-17-10-5-4-9-16(17)23-20/h3-6,8-11H,7,12-13H2,1-2H3. The first kappa shape index (κ1) is 16.7. The van der Waals surface area contributed by atoms with Crippen molar-refractivity contribution in [3.05, 3.63) is 59.9 Å². The van der Waals surface area contributed by atoms with Gasteiger partial charge in [-0.2, -0.15) is 0 Å². The summed E-state index contributed by atoms with van der Waals surface area (Å²) in [5.74, 6) is 1.50. The highest BCUT2D eigenvalue weighted by atomic mass is 16.3. The first-order valence-corrected chi connectivity index (χ1v) is 9.41. The van der Waals surface area contributed by atoms with Crippen molar-refractivity contribution in [1.82, 2.24) is 9.97 Å². The number of anilines is 2. The fourth-order valence-corrected chi connectivity index (χ4v) is 3.79. The number of furan rings is 1. The van der Waals surface area contributed by atoms with Gasteiger partial charge in [0.05, 0.1) is 11.0 Å². The molecule has 5 rings (SSSR count). The van der Waals surface area contributed by atoms with Gasteiger partial charge in [-0.1, -0.05) is 30.3 Å². The molecule has 0 atom stereocenters. The Morgan fingerprint density at radius 1 is 0.964 bits per heavy atom. The Bertz CT molecular complexity index is 1210. The minimum Gasteiger partial charge on any atom is -0.451 e. The van der Waals surface area contributed by atoms with Gasteiger partial charge in [0, 0.05) is 31.1 Å². The molecule has 1 aliphatic rings. The van der Waals surface area contributed by atoms with Crippen molar-refractivity contribution in [3.8, 4) is 0 Å². The Labute approximate surface area is 162 Å². The lowest BCUT2D eigenvalue weighted by Gasteiger charge is -2.22. The highest BCUT2D eigenvalue weighted by Crippen LogP contribution is 2.33. The lowest BCUT2D eigenvalue weighted by atomic mass is 10.1. The zero-order chi connectivity index (χ0) is 19.3. The van der Waals surface area contributed by atoms with Crippen molar-refractivity contribution >= 4 is 39.5 Å². The van der Waals surface area contributed by atoms with Crippen molar-refractivity contribution in [3.63, 3.8) is 0 Å². The predicted octanol–water partition coefficient (Wildman–Crippen LogP) is 4.17. The molecular formula is C22H20N4O2. The van der Waals surface area contributed by atoms with Crippen LogP contribution in [0.3, 0.4) is 0 Å². The molecule has 140 valence electrons. The van der Waals surface area contributed by atoms with Crippen LogP contribution in [0.2, 0.25) is 0 Å². The van der Waals surface area contributed by atoms with Gasteiger partial charge < -0.3 is 9.32 Å². The third kappa shape index (κ3) is 2.52. The molecule has 4 aromatic rings. The van der Waals surface area contributed by atoms with Crippen molar-refractivity contribution in [1.29, 1.82) is 0 Å². The Kier molecular flexibility index (Phi) is 3.79. The molecule has 0 spiro atoms. The minimum atomic E-state index is -0.171. The number of hydrogen-bond acceptors (Lipinski definition) is 5. The second-order valence-electron chi connectivity index (χ2n) is 7.14. The highest BCUT2D eigenvalue weighted by molar-refractivity contribution is 6.09. The van der Waals surface area contributed by atoms with E-state index < -0.39 is 0 Å². The van der Waals surface area contributed by atoms with Gasteiger partial charge in [0.25, 0.3) is 5.91 Å². The van der Waals surface area contributed by atoms with Crippen LogP contribution >= 0.6 is 0 Å². The summed E-state index contributed by atoms with van der Waals surface area (Å²) in [5.41, 5.74) is 3.17. The average Bonchev–Trinajstić information content (AvgIpc) is 2.97. The number of fused-ring (bicyclic) bond motifs is 3. The van der Waals surface area contributed by atoms with Crippen molar-refractivity contribution < 1.29 is 9.21 Å². The van der Waals surface area contributed by atoms with Gasteiger partial charge in [0.1, 0.15) is 5.58 Å². The maximum atomic E-state index is 13.5. The molecule has 6 heteroatoms. The number of carbonyl (C=O) groups is 1. The Balaban J connectivity index is 1.67. The summed E-state index contributed by atoms with van der Waals surface area (Å²) in [5, 5.41) is 0.961. The van der Waals surface area contributed by atoms with Gasteiger partial charge in [0.15, 0.2) is 17.4 Å². The van der Waals surface area contributed by atoms with Crippen LogP contribution in [0.4, 0.5) is 11.6 Å². The lowest BCUT2D eigenvalue weighted by molar-refractivity contribution is 0.0961. The van der Waals surface area contributed by atoms with Crippen LogP contribution in [0.15, 0.2) is 52.9 Å². The number of amides is 1. The van der Waals surface area contributed by atoms with Crippen molar-refractivity contribution in [2.45, 2.75) is 13.3 Å². The molecule has 0 aliphatic carbocycles. The van der Waals surface area contributed by atoms with Gasteiger partial charge in [-0.05, 0) is 31.5 Å². The highest BCUT2D eigenvalue weighted by Gasteiger charge is 2.30. The first-order valence-electron chi connectivity index (χ1n) is 9.41. The molecule has 28 heavy (non-hydrogen) atoms. The van der Waals surface area contributed by atoms with E-state index >= 15 is 0 Å². The number of hydrogen-bond donors (Lipinski definition) is 0. The number of para-hydroxylation sites is 3. The first-order chi connectivity index (χ1) is 13.6. The molecule has 1 amide bonds. The van der Waals surface area contributed by atoms with Gasteiger partial charge >= 0.3 is 0 Å². The molecule has 1 aliphatic heterocycles. The summed E-state index contributed by atoms with van der Waals surface area (Å²) >= 11 is 0. The van der Waals surface area contributed by atoms with E-state index in [4.69, 9.17) is 14.4 Å². The topological polar surface area (TPSA) is 62.5 Å². The number of aromatic nitrogens is 2. The van der Waals surface area contributed by atoms with Crippen molar-refractivity contribution in [2.75, 3.05) is 29.9 Å². The van der Waals surface area contributed by atoms with E-state index in [9.17, 15) is 4.79 Å². The van der Waals surface area contributed by atoms with E-state index in [2.05, 4.69) is 4.90 Å². The third-order valence-corrected chi connectivity index (χ3v) is 5.31. The molecule has 0 saturated carbocycles. The molecule has 6 nitrogen and oxygen atoms in total. The van der Waals surface area contributed by atoms with E-state index in [0.29, 0.717) is 18.1 Å². The molecule has 0 radical (unpaired) electrons. The SMILES string of the molecule is Cc1c(C(=O)N2CCCN(C)c3nc4ccccc4nc32)oc2ccccc12. The van der Waals surface area contributed by atoms with Crippen LogP contribution in [0.5, 0.6) is 0 Å². The van der Waals surface area contributed by atoms with E-state index in [1.54, 1.807) is 4.90 Å². The number of carbonyl (C=O) groups excluding carboxylic acids is 1. The van der Waals surface area contributed by atoms with Crippen LogP contribution in [0.1, 0.15) is 22.5 Å². The Hall–Kier alpha value is -3.41. The molecule has 0 bridgehead atoms. The zero-order valence-electron chi connectivity index (χ0n) is 15.8. The number of benzene rings is 2. The van der Waals surface area contributed by atoms with E-state index in [-0.39, 0.29) is 5.91 Å². The lowest BCUT2D eigenvalue weighted by Crippen LogP contribution is -2.32. The van der Waals surface area contributed by atoms with Crippen LogP contribution in [0, 0.1) is 6.92 Å². The minimum absolute atomic E-state index is 0.171. The van der Waals surface area contributed by atoms with Crippen molar-refractivity contribution in [2.24, 2.45) is 0 Å². The monoisotopic (exact) mass is 372 g/mol. The summed E-state index contributed by atoms with van der Waals surface area (Å²) in [6.45, 7) is 3.30. The molecule has 3 heterocycles. The molecule has 2 aromatic heterocycles. The maximum absolute atomic E-state index is 13.5. The maximum Gasteiger partial charge on any atom is 0.295 e. The summed E-state index contributed by atoms with van der Waals surface area (Å²) in [6, 6.07) is 15.5. The molecule has 0 fully saturated rings. The number of rotatable bonds is 1. The molecular weight excluding hydrogens is 352 g/mol. The third-order valence-electron chi connectivity index (χ3n) is 5.31. The van der Waals surface area contributed by atoms with Crippen LogP contribution < -0.4 is 9.80 Å². The van der Waals surface area contributed by atoms with Crippen LogP contribution in [-0.2, 0) is 0 Å². The summed E-state index contributed by atoms with van der Waals surface area (Å²) in [6.07, 6.45) is 0.829. The fraction of sp³-hybridized carbons (Fsp3) is 0.227. The largest absolute Gasteiger partial charge is 0.451 e. The molecule has 0 saturated heterocycles. The Morgan fingerprint density at radius 3 is 2.39 bits per heavy atom. The zero-order valence-corrected chi connectivity index (χ0v) is 15.8. The van der Waals surface area contributed by atoms with Crippen LogP contribution in [-0.4, -0.2) is 36.0 Å². The fourth-order valence-electron chi connectivity index (χ4n) is 3.79. The van der Waals surface area contributed by atoms with Gasteiger partial charge in [-0.25, -0.2) is 9.97 Å². The average molecular weight is 372 g/mol. The second kappa shape index (κ2) is 6.34. The molecule has 0 N–H and O–H groups in total. The van der Waals surface area contributed by atoms with E-state index in [1.807, 2.05) is 62.5 Å². The van der Waals surface area contributed by atoms with Crippen LogP contribution in [0.25, 0.3) is 22.0 Å². The van der Waals surface area contributed by atoms with E-state index in [0.717, 1.165) is 46.3 Å². The summed E-state index contributed by atoms with van der Waals surface area (Å²) < 4.78 is 5.93. The second-order valence-corrected chi connectivity index (χ2v) is 7.14. The molecule has 0 unspecified atom stereocenters. The Morgan fingerprint density at radius 2 is 1.64 bits per heavy atom. The quantitative estimate of drug-likeness (QED) is 0.502. The van der Waals surface area contributed by atoms with Gasteiger partial charge in [-0.3, -0.25) is 9.69 Å². The van der Waals surface area contributed by atoms with Gasteiger partial charge in [-0.15, -0.1) is 0 Å². The van der Waals surface area contributed by atoms with E-state index in [1.165, 1.54) is 0 Å². The smallest absolute Gasteiger partial charge is 0.295 e. The number of aryl methyl sites for hydroxylation is 1. The van der Waals surface area contributed by atoms with Gasteiger partial charge in [0.2, 0.25) is 0 Å². The summed E-state index contributed by atoms with van der Waals surface area (Å²) in [7, 11) is 1.99. The summed E-state index contributed by atoms with van der Waals surface area (Å²) in [4.78, 5) is 26.9. The number of nitrogens with zero attached hydrogens (tertiary/aromatic N) is 4. The molecule has 2 aromatic carbocycles. The predicted molar refractivity (Wildman–Crippen MR) is 110 cm³/mol. The normalized spacial score (nSPS) is 14.4.